The van der Waals surface area contributed by atoms with Gasteiger partial charge in [0.15, 0.2) is 5.76 Å². The molecule has 1 atom stereocenters. The molecule has 0 saturated heterocycles. The maximum absolute atomic E-state index is 12.7. The third-order valence-electron chi connectivity index (χ3n) is 4.40. The lowest BCUT2D eigenvalue weighted by atomic mass is 10.2. The number of aromatic nitrogens is 1. The molecule has 3 aromatic rings. The molecule has 5 nitrogen and oxygen atoms in total. The van der Waals surface area contributed by atoms with Gasteiger partial charge in [-0.2, -0.15) is 0 Å². The fourth-order valence-corrected chi connectivity index (χ4v) is 3.40. The summed E-state index contributed by atoms with van der Waals surface area (Å²) in [4.78, 5) is 19.2. The minimum absolute atomic E-state index is 0.0938. The number of thiazole rings is 1. The lowest BCUT2D eigenvalue weighted by Gasteiger charge is -2.27. The molecule has 0 fully saturated rings. The van der Waals surface area contributed by atoms with Crippen LogP contribution in [0.3, 0.4) is 0 Å². The van der Waals surface area contributed by atoms with Crippen LogP contribution >= 0.6 is 11.3 Å². The summed E-state index contributed by atoms with van der Waals surface area (Å²) < 4.78 is 11.1. The Hall–Kier alpha value is -2.60. The molecule has 0 saturated carbocycles. The highest BCUT2D eigenvalue weighted by atomic mass is 32.1. The van der Waals surface area contributed by atoms with E-state index in [4.69, 9.17) is 9.15 Å². The number of aryl methyl sites for hydroxylation is 1. The first-order valence-electron chi connectivity index (χ1n) is 9.04. The molecule has 3 rings (SSSR count). The molecule has 6 heteroatoms. The zero-order chi connectivity index (χ0) is 19.2. The van der Waals surface area contributed by atoms with E-state index in [0.29, 0.717) is 18.9 Å². The first kappa shape index (κ1) is 19.2. The predicted molar refractivity (Wildman–Crippen MR) is 106 cm³/mol. The molecule has 1 aromatic carbocycles. The SMILES string of the molecule is CC[C@H](C)N(Cc1csc(COc2cccc(C)c2)n1)C(=O)c1ccco1. The lowest BCUT2D eigenvalue weighted by Crippen LogP contribution is -2.37. The number of benzene rings is 1. The maximum atomic E-state index is 12.7. The van der Waals surface area contributed by atoms with Crippen LogP contribution in [0.25, 0.3) is 0 Å². The summed E-state index contributed by atoms with van der Waals surface area (Å²) in [6, 6.07) is 11.5. The number of carbonyl (C=O) groups excluding carboxylic acids is 1. The summed E-state index contributed by atoms with van der Waals surface area (Å²) in [6.07, 6.45) is 2.38. The average molecular weight is 385 g/mol. The lowest BCUT2D eigenvalue weighted by molar-refractivity contribution is 0.0636. The minimum atomic E-state index is -0.111. The van der Waals surface area contributed by atoms with Gasteiger partial charge >= 0.3 is 0 Å². The van der Waals surface area contributed by atoms with Crippen molar-refractivity contribution in [3.63, 3.8) is 0 Å². The second-order valence-corrected chi connectivity index (χ2v) is 7.45. The van der Waals surface area contributed by atoms with Gasteiger partial charge < -0.3 is 14.1 Å². The minimum Gasteiger partial charge on any atom is -0.486 e. The number of hydrogen-bond acceptors (Lipinski definition) is 5. The first-order valence-corrected chi connectivity index (χ1v) is 9.92. The number of rotatable bonds is 8. The van der Waals surface area contributed by atoms with Crippen LogP contribution in [0.15, 0.2) is 52.5 Å². The van der Waals surface area contributed by atoms with Gasteiger partial charge in [0.05, 0.1) is 18.5 Å². The van der Waals surface area contributed by atoms with Gasteiger partial charge in [0, 0.05) is 11.4 Å². The van der Waals surface area contributed by atoms with Crippen molar-refractivity contribution >= 4 is 17.2 Å². The van der Waals surface area contributed by atoms with E-state index in [-0.39, 0.29) is 11.9 Å². The van der Waals surface area contributed by atoms with Gasteiger partial charge in [0.2, 0.25) is 0 Å². The first-order chi connectivity index (χ1) is 13.1. The smallest absolute Gasteiger partial charge is 0.290 e. The summed E-state index contributed by atoms with van der Waals surface area (Å²) in [6.45, 7) is 7.01. The van der Waals surface area contributed by atoms with Crippen molar-refractivity contribution in [1.82, 2.24) is 9.88 Å². The van der Waals surface area contributed by atoms with Gasteiger partial charge in [0.1, 0.15) is 17.4 Å². The van der Waals surface area contributed by atoms with E-state index in [2.05, 4.69) is 11.9 Å². The van der Waals surface area contributed by atoms with Crippen molar-refractivity contribution in [1.29, 1.82) is 0 Å². The molecule has 1 amide bonds. The molecule has 0 bridgehead atoms. The monoisotopic (exact) mass is 384 g/mol. The van der Waals surface area contributed by atoms with E-state index in [0.717, 1.165) is 28.4 Å². The quantitative estimate of drug-likeness (QED) is 0.544. The van der Waals surface area contributed by atoms with Gasteiger partial charge in [-0.25, -0.2) is 4.98 Å². The molecule has 0 radical (unpaired) electrons. The van der Waals surface area contributed by atoms with Crippen LogP contribution in [-0.4, -0.2) is 21.8 Å². The highest BCUT2D eigenvalue weighted by Gasteiger charge is 2.23. The fourth-order valence-electron chi connectivity index (χ4n) is 2.70. The van der Waals surface area contributed by atoms with E-state index in [1.54, 1.807) is 28.4 Å². The van der Waals surface area contributed by atoms with Gasteiger partial charge in [-0.15, -0.1) is 11.3 Å². The molecule has 0 spiro atoms. The number of ether oxygens (including phenoxy) is 1. The highest BCUT2D eigenvalue weighted by Crippen LogP contribution is 2.20. The van der Waals surface area contributed by atoms with Gasteiger partial charge in [-0.1, -0.05) is 19.1 Å². The van der Waals surface area contributed by atoms with E-state index in [1.165, 1.54) is 6.26 Å². The van der Waals surface area contributed by atoms with E-state index in [1.807, 2.05) is 43.5 Å². The van der Waals surface area contributed by atoms with Crippen molar-refractivity contribution in [2.24, 2.45) is 0 Å². The Kier molecular flexibility index (Phi) is 6.29. The number of furan rings is 1. The standard InChI is InChI=1S/C21H24N2O3S/c1-4-16(3)23(21(24)19-9-6-10-25-19)12-17-14-27-20(22-17)13-26-18-8-5-7-15(2)11-18/h5-11,14,16H,4,12-13H2,1-3H3/t16-/m0/s1. The van der Waals surface area contributed by atoms with Crippen LogP contribution in [0.5, 0.6) is 5.75 Å². The average Bonchev–Trinajstić information content (AvgIpc) is 3.35. The highest BCUT2D eigenvalue weighted by molar-refractivity contribution is 7.09. The topological polar surface area (TPSA) is 55.6 Å². The number of amides is 1. The third-order valence-corrected chi connectivity index (χ3v) is 5.27. The molecule has 2 aromatic heterocycles. The van der Waals surface area contributed by atoms with Crippen LogP contribution in [0.4, 0.5) is 0 Å². The van der Waals surface area contributed by atoms with Crippen LogP contribution in [0, 0.1) is 6.92 Å². The molecule has 0 unspecified atom stereocenters. The molecule has 2 heterocycles. The number of hydrogen-bond donors (Lipinski definition) is 0. The van der Waals surface area contributed by atoms with Crippen LogP contribution in [0.2, 0.25) is 0 Å². The molecule has 0 aliphatic carbocycles. The normalized spacial score (nSPS) is 12.0. The van der Waals surface area contributed by atoms with Gasteiger partial charge in [-0.3, -0.25) is 4.79 Å². The Balaban J connectivity index is 1.66. The fraction of sp³-hybridized carbons (Fsp3) is 0.333. The molecule has 0 aliphatic heterocycles. The van der Waals surface area contributed by atoms with E-state index in [9.17, 15) is 4.79 Å². The largest absolute Gasteiger partial charge is 0.486 e. The Morgan fingerprint density at radius 3 is 2.89 bits per heavy atom. The summed E-state index contributed by atoms with van der Waals surface area (Å²) in [5.74, 6) is 1.08. The summed E-state index contributed by atoms with van der Waals surface area (Å²) >= 11 is 1.55. The molecule has 0 aliphatic rings. The van der Waals surface area contributed by atoms with Crippen LogP contribution in [-0.2, 0) is 13.2 Å². The maximum Gasteiger partial charge on any atom is 0.290 e. The molecular weight excluding hydrogens is 360 g/mol. The molecule has 142 valence electrons. The van der Waals surface area contributed by atoms with Crippen molar-refractivity contribution in [2.75, 3.05) is 0 Å². The van der Waals surface area contributed by atoms with Crippen molar-refractivity contribution in [3.8, 4) is 5.75 Å². The van der Waals surface area contributed by atoms with Crippen molar-refractivity contribution in [3.05, 3.63) is 70.1 Å². The van der Waals surface area contributed by atoms with Crippen molar-refractivity contribution < 1.29 is 13.9 Å². The van der Waals surface area contributed by atoms with Gasteiger partial charge in [-0.05, 0) is 50.1 Å². The Bertz CT molecular complexity index is 873. The Morgan fingerprint density at radius 2 is 2.19 bits per heavy atom. The molecular formula is C21H24N2O3S. The second kappa shape index (κ2) is 8.86. The Morgan fingerprint density at radius 1 is 1.33 bits per heavy atom. The van der Waals surface area contributed by atoms with Crippen LogP contribution in [0.1, 0.15) is 47.1 Å². The third kappa shape index (κ3) is 4.98. The summed E-state index contributed by atoms with van der Waals surface area (Å²) in [7, 11) is 0. The zero-order valence-electron chi connectivity index (χ0n) is 15.8. The van der Waals surface area contributed by atoms with E-state index < -0.39 is 0 Å². The Labute approximate surface area is 163 Å². The number of nitrogens with zero attached hydrogens (tertiary/aromatic N) is 2. The zero-order valence-corrected chi connectivity index (χ0v) is 16.7. The molecule has 0 N–H and O–H groups in total. The summed E-state index contributed by atoms with van der Waals surface area (Å²) in [5.41, 5.74) is 2.02. The van der Waals surface area contributed by atoms with Crippen LogP contribution < -0.4 is 4.74 Å². The van der Waals surface area contributed by atoms with Crippen molar-refractivity contribution in [2.45, 2.75) is 46.4 Å². The summed E-state index contributed by atoms with van der Waals surface area (Å²) in [5, 5.41) is 2.88. The van der Waals surface area contributed by atoms with Gasteiger partial charge in [0.25, 0.3) is 5.91 Å². The predicted octanol–water partition coefficient (Wildman–Crippen LogP) is 5.06. The van der Waals surface area contributed by atoms with E-state index >= 15 is 0 Å². The molecule has 27 heavy (non-hydrogen) atoms. The number of carbonyl (C=O) groups is 1. The second-order valence-electron chi connectivity index (χ2n) is 6.51.